The third kappa shape index (κ3) is 1.34. The molecule has 0 amide bonds. The van der Waals surface area contributed by atoms with Crippen molar-refractivity contribution in [2.24, 2.45) is 0 Å². The summed E-state index contributed by atoms with van der Waals surface area (Å²) in [6, 6.07) is 2.09. The smallest absolute Gasteiger partial charge is 0.0702 e. The van der Waals surface area contributed by atoms with Gasteiger partial charge < -0.3 is 5.11 Å². The molecule has 74 valence electrons. The normalized spacial score (nSPS) is 21.2. The Morgan fingerprint density at radius 2 is 1.93 bits per heavy atom. The predicted molar refractivity (Wildman–Crippen MR) is 54.1 cm³/mol. The standard InChI is InChI=1S/C12H15NO/c14-7-11-10(8-1-2-8)5-6-13-12(11)9-3-4-9/h5-6,8-9,14H,1-4,7H2. The summed E-state index contributed by atoms with van der Waals surface area (Å²) in [6.45, 7) is 0.172. The molecule has 1 N–H and O–H groups in total. The Kier molecular flexibility index (Phi) is 1.84. The highest BCUT2D eigenvalue weighted by atomic mass is 16.3. The molecule has 2 fully saturated rings. The minimum atomic E-state index is 0.172. The Balaban J connectivity index is 2.05. The van der Waals surface area contributed by atoms with Gasteiger partial charge in [0.2, 0.25) is 0 Å². The van der Waals surface area contributed by atoms with E-state index >= 15 is 0 Å². The van der Waals surface area contributed by atoms with Crippen LogP contribution in [-0.2, 0) is 6.61 Å². The van der Waals surface area contributed by atoms with Crippen molar-refractivity contribution in [1.29, 1.82) is 0 Å². The highest BCUT2D eigenvalue weighted by molar-refractivity contribution is 5.38. The lowest BCUT2D eigenvalue weighted by atomic mass is 10.0. The van der Waals surface area contributed by atoms with Crippen LogP contribution in [-0.4, -0.2) is 10.1 Å². The third-order valence-corrected chi connectivity index (χ3v) is 3.26. The number of nitrogens with zero attached hydrogens (tertiary/aromatic N) is 1. The summed E-state index contributed by atoms with van der Waals surface area (Å²) in [5.74, 6) is 1.37. The summed E-state index contributed by atoms with van der Waals surface area (Å²) in [5, 5.41) is 9.41. The fourth-order valence-corrected chi connectivity index (χ4v) is 2.18. The van der Waals surface area contributed by atoms with Crippen LogP contribution in [0.2, 0.25) is 0 Å². The molecule has 2 heteroatoms. The summed E-state index contributed by atoms with van der Waals surface area (Å²) in [5.41, 5.74) is 3.68. The molecule has 0 aliphatic heterocycles. The number of aliphatic hydroxyl groups excluding tert-OH is 1. The van der Waals surface area contributed by atoms with Crippen molar-refractivity contribution in [3.63, 3.8) is 0 Å². The molecule has 1 aromatic rings. The Bertz CT molecular complexity index is 323. The first-order chi connectivity index (χ1) is 6.90. The van der Waals surface area contributed by atoms with E-state index in [1.54, 1.807) is 0 Å². The Labute approximate surface area is 84.0 Å². The van der Waals surface area contributed by atoms with Gasteiger partial charge in [-0.2, -0.15) is 0 Å². The van der Waals surface area contributed by atoms with Gasteiger partial charge in [-0.25, -0.2) is 0 Å². The molecule has 2 saturated carbocycles. The van der Waals surface area contributed by atoms with Crippen LogP contribution >= 0.6 is 0 Å². The van der Waals surface area contributed by atoms with E-state index in [0.717, 1.165) is 11.5 Å². The van der Waals surface area contributed by atoms with E-state index in [1.807, 2.05) is 6.20 Å². The van der Waals surface area contributed by atoms with Crippen molar-refractivity contribution in [2.75, 3.05) is 0 Å². The molecular formula is C12H15NO. The molecule has 3 rings (SSSR count). The lowest BCUT2D eigenvalue weighted by Crippen LogP contribution is -2.00. The average molecular weight is 189 g/mol. The van der Waals surface area contributed by atoms with Crippen LogP contribution in [0, 0.1) is 0 Å². The highest BCUT2D eigenvalue weighted by Gasteiger charge is 2.32. The molecule has 14 heavy (non-hydrogen) atoms. The molecule has 0 atom stereocenters. The molecular weight excluding hydrogens is 174 g/mol. The van der Waals surface area contributed by atoms with E-state index in [2.05, 4.69) is 11.1 Å². The SMILES string of the molecule is OCc1c(C2CC2)ccnc1C1CC1. The minimum absolute atomic E-state index is 0.172. The second-order valence-electron chi connectivity index (χ2n) is 4.47. The van der Waals surface area contributed by atoms with Crippen molar-refractivity contribution in [3.8, 4) is 0 Å². The first kappa shape index (κ1) is 8.42. The summed E-state index contributed by atoms with van der Waals surface area (Å²) < 4.78 is 0. The first-order valence-electron chi connectivity index (χ1n) is 5.48. The van der Waals surface area contributed by atoms with Gasteiger partial charge in [-0.1, -0.05) is 0 Å². The Morgan fingerprint density at radius 3 is 2.50 bits per heavy atom. The van der Waals surface area contributed by atoms with Crippen LogP contribution in [0.5, 0.6) is 0 Å². The molecule has 0 saturated heterocycles. The van der Waals surface area contributed by atoms with E-state index in [0.29, 0.717) is 5.92 Å². The fraction of sp³-hybridized carbons (Fsp3) is 0.583. The maximum Gasteiger partial charge on any atom is 0.0702 e. The lowest BCUT2D eigenvalue weighted by molar-refractivity contribution is 0.278. The molecule has 1 heterocycles. The van der Waals surface area contributed by atoms with Crippen molar-refractivity contribution in [1.82, 2.24) is 4.98 Å². The summed E-state index contributed by atoms with van der Waals surface area (Å²) in [7, 11) is 0. The van der Waals surface area contributed by atoms with Crippen LogP contribution in [0.15, 0.2) is 12.3 Å². The van der Waals surface area contributed by atoms with Crippen LogP contribution in [0.25, 0.3) is 0 Å². The molecule has 0 radical (unpaired) electrons. The van der Waals surface area contributed by atoms with Crippen LogP contribution < -0.4 is 0 Å². The molecule has 0 unspecified atom stereocenters. The van der Waals surface area contributed by atoms with Gasteiger partial charge >= 0.3 is 0 Å². The van der Waals surface area contributed by atoms with E-state index in [4.69, 9.17) is 0 Å². The lowest BCUT2D eigenvalue weighted by Gasteiger charge is -2.10. The minimum Gasteiger partial charge on any atom is -0.392 e. The van der Waals surface area contributed by atoms with Gasteiger partial charge in [0.05, 0.1) is 6.61 Å². The number of hydrogen-bond acceptors (Lipinski definition) is 2. The quantitative estimate of drug-likeness (QED) is 0.791. The second-order valence-corrected chi connectivity index (χ2v) is 4.47. The van der Waals surface area contributed by atoms with Gasteiger partial charge in [-0.3, -0.25) is 4.98 Å². The van der Waals surface area contributed by atoms with E-state index in [-0.39, 0.29) is 6.61 Å². The zero-order valence-electron chi connectivity index (χ0n) is 8.24. The summed E-state index contributed by atoms with van der Waals surface area (Å²) >= 11 is 0. The number of aromatic nitrogens is 1. The summed E-state index contributed by atoms with van der Waals surface area (Å²) in [4.78, 5) is 4.42. The van der Waals surface area contributed by atoms with Gasteiger partial charge in [0.25, 0.3) is 0 Å². The molecule has 2 nitrogen and oxygen atoms in total. The van der Waals surface area contributed by atoms with Gasteiger partial charge in [0, 0.05) is 23.4 Å². The monoisotopic (exact) mass is 189 g/mol. The number of pyridine rings is 1. The van der Waals surface area contributed by atoms with E-state index in [9.17, 15) is 5.11 Å². The third-order valence-electron chi connectivity index (χ3n) is 3.26. The highest BCUT2D eigenvalue weighted by Crippen LogP contribution is 2.46. The second kappa shape index (κ2) is 3.06. The Hall–Kier alpha value is -0.890. The number of rotatable bonds is 3. The van der Waals surface area contributed by atoms with Crippen molar-refractivity contribution in [3.05, 3.63) is 29.1 Å². The van der Waals surface area contributed by atoms with Crippen molar-refractivity contribution in [2.45, 2.75) is 44.1 Å². The van der Waals surface area contributed by atoms with E-state index < -0.39 is 0 Å². The molecule has 1 aromatic heterocycles. The van der Waals surface area contributed by atoms with Crippen molar-refractivity contribution >= 4 is 0 Å². The number of aliphatic hydroxyl groups is 1. The van der Waals surface area contributed by atoms with Gasteiger partial charge in [0.15, 0.2) is 0 Å². The number of hydrogen-bond donors (Lipinski definition) is 1. The van der Waals surface area contributed by atoms with Crippen molar-refractivity contribution < 1.29 is 5.11 Å². The largest absolute Gasteiger partial charge is 0.392 e. The molecule has 2 aliphatic rings. The fourth-order valence-electron chi connectivity index (χ4n) is 2.18. The van der Waals surface area contributed by atoms with Gasteiger partial charge in [-0.15, -0.1) is 0 Å². The predicted octanol–water partition coefficient (Wildman–Crippen LogP) is 2.33. The molecule has 2 aliphatic carbocycles. The Morgan fingerprint density at radius 1 is 1.21 bits per heavy atom. The maximum atomic E-state index is 9.41. The summed E-state index contributed by atoms with van der Waals surface area (Å²) in [6.07, 6.45) is 7.02. The van der Waals surface area contributed by atoms with Gasteiger partial charge in [0.1, 0.15) is 0 Å². The molecule has 0 aromatic carbocycles. The topological polar surface area (TPSA) is 33.1 Å². The average Bonchev–Trinajstić information content (AvgIpc) is 3.04. The zero-order valence-corrected chi connectivity index (χ0v) is 8.24. The van der Waals surface area contributed by atoms with Crippen LogP contribution in [0.1, 0.15) is 54.3 Å². The molecule has 0 bridgehead atoms. The van der Waals surface area contributed by atoms with E-state index in [1.165, 1.54) is 36.9 Å². The zero-order chi connectivity index (χ0) is 9.54. The van der Waals surface area contributed by atoms with Crippen LogP contribution in [0.4, 0.5) is 0 Å². The van der Waals surface area contributed by atoms with Gasteiger partial charge in [-0.05, 0) is 43.2 Å². The maximum absolute atomic E-state index is 9.41. The van der Waals surface area contributed by atoms with Crippen LogP contribution in [0.3, 0.4) is 0 Å². The molecule has 0 spiro atoms. The first-order valence-corrected chi connectivity index (χ1v) is 5.48.